The summed E-state index contributed by atoms with van der Waals surface area (Å²) in [4.78, 5) is 11.6. The molecule has 2 N–H and O–H groups in total. The van der Waals surface area contributed by atoms with Crippen LogP contribution in [0, 0.1) is 23.1 Å². The summed E-state index contributed by atoms with van der Waals surface area (Å²) < 4.78 is 48.2. The lowest BCUT2D eigenvalue weighted by molar-refractivity contribution is -0.143. The summed E-state index contributed by atoms with van der Waals surface area (Å²) in [6.07, 6.45) is 2.50. The number of ether oxygens (including phenoxy) is 1. The minimum Gasteiger partial charge on any atom is -0.489 e. The van der Waals surface area contributed by atoms with Gasteiger partial charge in [0, 0.05) is 11.6 Å². The van der Waals surface area contributed by atoms with Crippen LogP contribution in [0.15, 0.2) is 59.5 Å². The Morgan fingerprint density at radius 1 is 1.09 bits per heavy atom. The molecule has 0 saturated heterocycles. The molecule has 0 heterocycles. The first kappa shape index (κ1) is 23.7. The van der Waals surface area contributed by atoms with Gasteiger partial charge in [-0.05, 0) is 60.0 Å². The van der Waals surface area contributed by atoms with E-state index in [2.05, 4.69) is 4.72 Å². The quantitative estimate of drug-likeness (QED) is 0.517. The van der Waals surface area contributed by atoms with E-state index < -0.39 is 33.8 Å². The largest absolute Gasteiger partial charge is 0.489 e. The number of aliphatic carboxylic acids is 1. The fourth-order valence-corrected chi connectivity index (χ4v) is 5.53. The summed E-state index contributed by atoms with van der Waals surface area (Å²) in [5, 5.41) is 19.7. The van der Waals surface area contributed by atoms with Gasteiger partial charge in [0.25, 0.3) is 0 Å². The van der Waals surface area contributed by atoms with Gasteiger partial charge in [0.15, 0.2) is 0 Å². The van der Waals surface area contributed by atoms with Crippen LogP contribution in [0.5, 0.6) is 5.75 Å². The number of halogens is 1. The van der Waals surface area contributed by atoms with Crippen molar-refractivity contribution in [2.45, 2.75) is 43.2 Å². The van der Waals surface area contributed by atoms with Gasteiger partial charge in [-0.25, -0.2) is 17.5 Å². The molecule has 1 saturated carbocycles. The molecule has 7 nitrogen and oxygen atoms in total. The maximum absolute atomic E-state index is 14.1. The van der Waals surface area contributed by atoms with Crippen molar-refractivity contribution >= 4 is 26.8 Å². The minimum atomic E-state index is -3.89. The number of sulfonamides is 1. The first-order valence-electron chi connectivity index (χ1n) is 10.9. The van der Waals surface area contributed by atoms with Gasteiger partial charge in [-0.2, -0.15) is 5.26 Å². The zero-order valence-electron chi connectivity index (χ0n) is 18.2. The van der Waals surface area contributed by atoms with E-state index in [1.54, 1.807) is 24.3 Å². The van der Waals surface area contributed by atoms with Gasteiger partial charge in [0.1, 0.15) is 18.2 Å². The Morgan fingerprint density at radius 2 is 1.82 bits per heavy atom. The zero-order chi connectivity index (χ0) is 24.3. The number of carbonyl (C=O) groups is 1. The highest BCUT2D eigenvalue weighted by Gasteiger charge is 2.34. The molecule has 34 heavy (non-hydrogen) atoms. The third-order valence-electron chi connectivity index (χ3n) is 6.06. The molecule has 0 aromatic heterocycles. The van der Waals surface area contributed by atoms with E-state index >= 15 is 0 Å². The summed E-state index contributed by atoms with van der Waals surface area (Å²) in [6, 6.07) is 15.2. The van der Waals surface area contributed by atoms with Crippen LogP contribution in [0.2, 0.25) is 0 Å². The van der Waals surface area contributed by atoms with E-state index in [4.69, 9.17) is 10.00 Å². The van der Waals surface area contributed by atoms with E-state index in [0.29, 0.717) is 29.5 Å². The first-order chi connectivity index (χ1) is 16.3. The molecule has 1 aliphatic carbocycles. The Kier molecular flexibility index (Phi) is 6.82. The molecule has 3 aromatic rings. The van der Waals surface area contributed by atoms with Gasteiger partial charge in [0.2, 0.25) is 10.0 Å². The van der Waals surface area contributed by atoms with Crippen LogP contribution in [-0.4, -0.2) is 25.5 Å². The molecule has 0 bridgehead atoms. The second kappa shape index (κ2) is 9.79. The zero-order valence-corrected chi connectivity index (χ0v) is 19.0. The molecule has 3 aromatic carbocycles. The number of carboxylic acids is 1. The summed E-state index contributed by atoms with van der Waals surface area (Å²) in [6.45, 7) is -0.0223. The van der Waals surface area contributed by atoms with Crippen LogP contribution in [-0.2, 0) is 21.4 Å². The number of hydrogen-bond donors (Lipinski definition) is 2. The van der Waals surface area contributed by atoms with Crippen molar-refractivity contribution in [1.29, 1.82) is 5.26 Å². The van der Waals surface area contributed by atoms with Gasteiger partial charge in [-0.3, -0.25) is 4.79 Å². The monoisotopic (exact) mass is 482 g/mol. The lowest BCUT2D eigenvalue weighted by Gasteiger charge is -2.29. The maximum atomic E-state index is 14.1. The summed E-state index contributed by atoms with van der Waals surface area (Å²) in [5.41, 5.74) is 0.545. The van der Waals surface area contributed by atoms with Crippen LogP contribution in [0.25, 0.3) is 10.8 Å². The summed E-state index contributed by atoms with van der Waals surface area (Å²) in [7, 11) is -3.89. The van der Waals surface area contributed by atoms with Crippen LogP contribution in [0.3, 0.4) is 0 Å². The second-order valence-electron chi connectivity index (χ2n) is 8.33. The van der Waals surface area contributed by atoms with Gasteiger partial charge in [-0.1, -0.05) is 31.0 Å². The molecule has 0 amide bonds. The number of nitrogens with zero attached hydrogens (tertiary/aromatic N) is 1. The smallest absolute Gasteiger partial charge is 0.308 e. The van der Waals surface area contributed by atoms with E-state index in [9.17, 15) is 22.7 Å². The standard InChI is InChI=1S/C25H23FN2O5S/c26-23-11-16(14-27)5-6-19(23)15-33-20-9-7-18-13-21(10-8-17(18)12-20)34(31,32)28-24-4-2-1-3-22(24)25(29)30/h5-13,22,24,28H,1-4,15H2,(H,29,30)/t22-,24-/m1/s1. The number of hydrogen-bond acceptors (Lipinski definition) is 5. The molecule has 0 spiro atoms. The molecular formula is C25H23FN2O5S. The van der Waals surface area contributed by atoms with Gasteiger partial charge in [0.05, 0.1) is 22.4 Å². The van der Waals surface area contributed by atoms with Crippen molar-refractivity contribution in [3.8, 4) is 11.8 Å². The normalized spacial score (nSPS) is 18.4. The van der Waals surface area contributed by atoms with Gasteiger partial charge in [-0.15, -0.1) is 0 Å². The fourth-order valence-electron chi connectivity index (χ4n) is 4.19. The Morgan fingerprint density at radius 3 is 2.56 bits per heavy atom. The minimum absolute atomic E-state index is 0.0223. The molecule has 4 rings (SSSR count). The van der Waals surface area contributed by atoms with Crippen LogP contribution in [0.1, 0.15) is 36.8 Å². The molecule has 0 unspecified atom stereocenters. The Balaban J connectivity index is 1.49. The highest BCUT2D eigenvalue weighted by Crippen LogP contribution is 2.28. The predicted molar refractivity (Wildman–Crippen MR) is 123 cm³/mol. The van der Waals surface area contributed by atoms with Gasteiger partial charge >= 0.3 is 5.97 Å². The molecule has 0 aliphatic heterocycles. The number of nitrogens with one attached hydrogen (secondary N) is 1. The van der Waals surface area contributed by atoms with Crippen molar-refractivity contribution in [3.05, 3.63) is 71.5 Å². The fraction of sp³-hybridized carbons (Fsp3) is 0.280. The molecule has 9 heteroatoms. The second-order valence-corrected chi connectivity index (χ2v) is 10.0. The number of rotatable bonds is 7. The van der Waals surface area contributed by atoms with E-state index in [1.807, 2.05) is 6.07 Å². The summed E-state index contributed by atoms with van der Waals surface area (Å²) in [5.74, 6) is -1.76. The SMILES string of the molecule is N#Cc1ccc(COc2ccc3cc(S(=O)(=O)N[C@@H]4CCCC[C@H]4C(=O)O)ccc3c2)c(F)c1. The molecule has 1 aliphatic rings. The third kappa shape index (κ3) is 5.19. The molecule has 2 atom stereocenters. The summed E-state index contributed by atoms with van der Waals surface area (Å²) >= 11 is 0. The number of fused-ring (bicyclic) bond motifs is 1. The van der Waals surface area contributed by atoms with Crippen LogP contribution in [0.4, 0.5) is 4.39 Å². The highest BCUT2D eigenvalue weighted by molar-refractivity contribution is 7.89. The number of benzene rings is 3. The van der Waals surface area contributed by atoms with Crippen molar-refractivity contribution in [1.82, 2.24) is 4.72 Å². The van der Waals surface area contributed by atoms with E-state index in [0.717, 1.165) is 24.3 Å². The van der Waals surface area contributed by atoms with Crippen molar-refractivity contribution in [3.63, 3.8) is 0 Å². The average molecular weight is 483 g/mol. The Labute approximate surface area is 196 Å². The predicted octanol–water partition coefficient (Wildman–Crippen LogP) is 4.35. The molecule has 0 radical (unpaired) electrons. The van der Waals surface area contributed by atoms with Crippen LogP contribution >= 0.6 is 0 Å². The van der Waals surface area contributed by atoms with Gasteiger partial charge < -0.3 is 9.84 Å². The van der Waals surface area contributed by atoms with E-state index in [1.165, 1.54) is 24.3 Å². The lowest BCUT2D eigenvalue weighted by atomic mass is 9.85. The van der Waals surface area contributed by atoms with Crippen molar-refractivity contribution < 1.29 is 27.4 Å². The maximum Gasteiger partial charge on any atom is 0.308 e. The van der Waals surface area contributed by atoms with Crippen LogP contribution < -0.4 is 9.46 Å². The van der Waals surface area contributed by atoms with Crippen molar-refractivity contribution in [2.75, 3.05) is 0 Å². The third-order valence-corrected chi connectivity index (χ3v) is 7.55. The highest BCUT2D eigenvalue weighted by atomic mass is 32.2. The number of carboxylic acid groups (broad SMARTS) is 1. The average Bonchev–Trinajstić information content (AvgIpc) is 2.82. The molecular weight excluding hydrogens is 459 g/mol. The first-order valence-corrected chi connectivity index (χ1v) is 12.4. The molecule has 176 valence electrons. The molecule has 1 fully saturated rings. The van der Waals surface area contributed by atoms with E-state index in [-0.39, 0.29) is 17.1 Å². The lowest BCUT2D eigenvalue weighted by Crippen LogP contribution is -2.44. The Hall–Kier alpha value is -3.48. The topological polar surface area (TPSA) is 116 Å². The number of nitriles is 1. The van der Waals surface area contributed by atoms with Crippen molar-refractivity contribution in [2.24, 2.45) is 5.92 Å². The Bertz CT molecular complexity index is 1380.